The Balaban J connectivity index is 1.88. The SMILES string of the molecule is CCOC(=O)c1c(-c2ccccc2OCc2ccccc2)c(C=O)n2ccccc12. The van der Waals surface area contributed by atoms with Crippen LogP contribution in [-0.2, 0) is 11.3 Å². The molecule has 0 N–H and O–H groups in total. The van der Waals surface area contributed by atoms with E-state index in [1.54, 1.807) is 23.6 Å². The van der Waals surface area contributed by atoms with Gasteiger partial charge in [-0.05, 0) is 30.7 Å². The number of fused-ring (bicyclic) bond motifs is 1. The van der Waals surface area contributed by atoms with Gasteiger partial charge in [-0.15, -0.1) is 0 Å². The van der Waals surface area contributed by atoms with Crippen LogP contribution in [0.1, 0.15) is 33.3 Å². The van der Waals surface area contributed by atoms with Crippen molar-refractivity contribution in [3.8, 4) is 16.9 Å². The number of carbonyl (C=O) groups is 2. The van der Waals surface area contributed by atoms with Gasteiger partial charge in [0.15, 0.2) is 6.29 Å². The van der Waals surface area contributed by atoms with E-state index in [0.29, 0.717) is 40.3 Å². The predicted molar refractivity (Wildman–Crippen MR) is 115 cm³/mol. The van der Waals surface area contributed by atoms with Gasteiger partial charge in [0, 0.05) is 17.3 Å². The van der Waals surface area contributed by atoms with E-state index in [9.17, 15) is 9.59 Å². The molecule has 0 atom stereocenters. The van der Waals surface area contributed by atoms with E-state index in [1.807, 2.05) is 66.7 Å². The molecule has 4 aromatic rings. The first kappa shape index (κ1) is 19.5. The number of rotatable bonds is 7. The molecule has 2 heterocycles. The Labute approximate surface area is 174 Å². The van der Waals surface area contributed by atoms with E-state index in [2.05, 4.69) is 0 Å². The maximum atomic E-state index is 12.9. The Bertz CT molecular complexity index is 1190. The Morgan fingerprint density at radius 3 is 2.47 bits per heavy atom. The third-order valence-electron chi connectivity index (χ3n) is 4.87. The molecule has 30 heavy (non-hydrogen) atoms. The summed E-state index contributed by atoms with van der Waals surface area (Å²) >= 11 is 0. The summed E-state index contributed by atoms with van der Waals surface area (Å²) in [6.45, 7) is 2.37. The molecule has 0 amide bonds. The molecule has 0 spiro atoms. The van der Waals surface area contributed by atoms with Crippen molar-refractivity contribution in [1.82, 2.24) is 4.40 Å². The van der Waals surface area contributed by atoms with E-state index in [-0.39, 0.29) is 6.61 Å². The van der Waals surface area contributed by atoms with Gasteiger partial charge in [-0.25, -0.2) is 4.79 Å². The fourth-order valence-corrected chi connectivity index (χ4v) is 3.57. The number of ether oxygens (including phenoxy) is 2. The second-order valence-electron chi connectivity index (χ2n) is 6.70. The number of hydrogen-bond donors (Lipinski definition) is 0. The minimum atomic E-state index is -0.470. The lowest BCUT2D eigenvalue weighted by atomic mass is 9.99. The minimum Gasteiger partial charge on any atom is -0.488 e. The average molecular weight is 399 g/mol. The van der Waals surface area contributed by atoms with Crippen LogP contribution in [0.5, 0.6) is 5.75 Å². The van der Waals surface area contributed by atoms with Crippen molar-refractivity contribution in [1.29, 1.82) is 0 Å². The van der Waals surface area contributed by atoms with Gasteiger partial charge < -0.3 is 13.9 Å². The maximum absolute atomic E-state index is 12.9. The molecule has 0 saturated heterocycles. The number of aldehydes is 1. The highest BCUT2D eigenvalue weighted by atomic mass is 16.5. The van der Waals surface area contributed by atoms with Gasteiger partial charge in [0.1, 0.15) is 12.4 Å². The van der Waals surface area contributed by atoms with Crippen molar-refractivity contribution in [3.63, 3.8) is 0 Å². The van der Waals surface area contributed by atoms with Crippen LogP contribution < -0.4 is 4.74 Å². The number of carbonyl (C=O) groups excluding carboxylic acids is 2. The lowest BCUT2D eigenvalue weighted by Gasteiger charge is -2.13. The molecular weight excluding hydrogens is 378 g/mol. The summed E-state index contributed by atoms with van der Waals surface area (Å²) in [5.74, 6) is 0.119. The fraction of sp³-hybridized carbons (Fsp3) is 0.120. The van der Waals surface area contributed by atoms with Crippen molar-refractivity contribution in [2.45, 2.75) is 13.5 Å². The minimum absolute atomic E-state index is 0.241. The van der Waals surface area contributed by atoms with Crippen LogP contribution in [0.15, 0.2) is 79.0 Å². The molecule has 5 nitrogen and oxygen atoms in total. The molecule has 4 rings (SSSR count). The Hall–Kier alpha value is -3.86. The number of aromatic nitrogens is 1. The second kappa shape index (κ2) is 8.66. The second-order valence-corrected chi connectivity index (χ2v) is 6.70. The molecule has 0 aliphatic carbocycles. The summed E-state index contributed by atoms with van der Waals surface area (Å²) in [5.41, 5.74) is 3.56. The van der Waals surface area contributed by atoms with Crippen LogP contribution in [0.2, 0.25) is 0 Å². The molecule has 2 aromatic carbocycles. The quantitative estimate of drug-likeness (QED) is 0.318. The molecule has 0 bridgehead atoms. The molecule has 2 aromatic heterocycles. The average Bonchev–Trinajstić information content (AvgIpc) is 3.13. The Kier molecular flexibility index (Phi) is 5.61. The first-order valence-electron chi connectivity index (χ1n) is 9.76. The normalized spacial score (nSPS) is 10.7. The third-order valence-corrected chi connectivity index (χ3v) is 4.87. The van der Waals surface area contributed by atoms with Crippen LogP contribution in [0.25, 0.3) is 16.6 Å². The van der Waals surface area contributed by atoms with E-state index in [4.69, 9.17) is 9.47 Å². The predicted octanol–water partition coefficient (Wildman–Crippen LogP) is 5.17. The summed E-state index contributed by atoms with van der Waals surface area (Å²) in [6.07, 6.45) is 2.53. The highest BCUT2D eigenvalue weighted by Crippen LogP contribution is 2.38. The van der Waals surface area contributed by atoms with E-state index in [1.165, 1.54) is 0 Å². The molecule has 0 aliphatic heterocycles. The van der Waals surface area contributed by atoms with Crippen molar-refractivity contribution in [3.05, 3.63) is 95.8 Å². The fourth-order valence-electron chi connectivity index (χ4n) is 3.57. The maximum Gasteiger partial charge on any atom is 0.340 e. The van der Waals surface area contributed by atoms with Gasteiger partial charge >= 0.3 is 5.97 Å². The number of pyridine rings is 1. The zero-order chi connectivity index (χ0) is 20.9. The molecule has 0 unspecified atom stereocenters. The molecule has 0 radical (unpaired) electrons. The van der Waals surface area contributed by atoms with Crippen LogP contribution in [0, 0.1) is 0 Å². The van der Waals surface area contributed by atoms with Gasteiger partial charge in [-0.3, -0.25) is 4.79 Å². The zero-order valence-corrected chi connectivity index (χ0v) is 16.6. The number of benzene rings is 2. The van der Waals surface area contributed by atoms with E-state index in [0.717, 1.165) is 11.8 Å². The zero-order valence-electron chi connectivity index (χ0n) is 16.6. The highest BCUT2D eigenvalue weighted by molar-refractivity contribution is 6.09. The van der Waals surface area contributed by atoms with Gasteiger partial charge in [-0.2, -0.15) is 0 Å². The van der Waals surface area contributed by atoms with Crippen LogP contribution in [-0.4, -0.2) is 23.3 Å². The molecule has 0 aliphatic rings. The standard InChI is InChI=1S/C25H21NO4/c1-2-29-25(28)24-20-13-8-9-15-26(20)21(16-27)23(24)19-12-6-7-14-22(19)30-17-18-10-4-3-5-11-18/h3-16H,2,17H2,1H3. The molecule has 0 fully saturated rings. The van der Waals surface area contributed by atoms with Crippen LogP contribution >= 0.6 is 0 Å². The van der Waals surface area contributed by atoms with Crippen molar-refractivity contribution in [2.75, 3.05) is 6.61 Å². The molecule has 5 heteroatoms. The Morgan fingerprint density at radius 2 is 1.70 bits per heavy atom. The van der Waals surface area contributed by atoms with Crippen molar-refractivity contribution >= 4 is 17.8 Å². The smallest absolute Gasteiger partial charge is 0.340 e. The number of nitrogens with zero attached hydrogens (tertiary/aromatic N) is 1. The largest absolute Gasteiger partial charge is 0.488 e. The summed E-state index contributed by atoms with van der Waals surface area (Å²) in [6, 6.07) is 22.7. The molecular formula is C25H21NO4. The first-order valence-corrected chi connectivity index (χ1v) is 9.76. The van der Waals surface area contributed by atoms with Gasteiger partial charge in [-0.1, -0.05) is 54.6 Å². The van der Waals surface area contributed by atoms with Crippen molar-refractivity contribution < 1.29 is 19.1 Å². The van der Waals surface area contributed by atoms with Gasteiger partial charge in [0.05, 0.1) is 23.4 Å². The van der Waals surface area contributed by atoms with Crippen molar-refractivity contribution in [2.24, 2.45) is 0 Å². The Morgan fingerprint density at radius 1 is 0.967 bits per heavy atom. The highest BCUT2D eigenvalue weighted by Gasteiger charge is 2.26. The summed E-state index contributed by atoms with van der Waals surface area (Å²) in [4.78, 5) is 25.0. The van der Waals surface area contributed by atoms with Crippen LogP contribution in [0.4, 0.5) is 0 Å². The first-order chi connectivity index (χ1) is 14.7. The number of esters is 1. The number of para-hydroxylation sites is 1. The molecule has 0 saturated carbocycles. The summed E-state index contributed by atoms with van der Waals surface area (Å²) < 4.78 is 13.1. The monoisotopic (exact) mass is 399 g/mol. The van der Waals surface area contributed by atoms with Gasteiger partial charge in [0.25, 0.3) is 0 Å². The number of hydrogen-bond acceptors (Lipinski definition) is 4. The third kappa shape index (κ3) is 3.57. The summed E-state index contributed by atoms with van der Waals surface area (Å²) in [5, 5.41) is 0. The summed E-state index contributed by atoms with van der Waals surface area (Å²) in [7, 11) is 0. The lowest BCUT2D eigenvalue weighted by molar-refractivity contribution is 0.0529. The van der Waals surface area contributed by atoms with Crippen LogP contribution in [0.3, 0.4) is 0 Å². The van der Waals surface area contributed by atoms with E-state index < -0.39 is 5.97 Å². The van der Waals surface area contributed by atoms with E-state index >= 15 is 0 Å². The molecule has 150 valence electrons. The topological polar surface area (TPSA) is 57.0 Å². The lowest BCUT2D eigenvalue weighted by Crippen LogP contribution is -2.06. The van der Waals surface area contributed by atoms with Gasteiger partial charge in [0.2, 0.25) is 0 Å².